The third-order valence-electron chi connectivity index (χ3n) is 2.11. The molecule has 0 saturated carbocycles. The SMILES string of the molecule is CCc1ccccc1/C=C/C(=O)NC(=N)N. The molecule has 0 spiro atoms. The zero-order chi connectivity index (χ0) is 12.0. The summed E-state index contributed by atoms with van der Waals surface area (Å²) >= 11 is 0. The van der Waals surface area contributed by atoms with E-state index in [1.54, 1.807) is 6.08 Å². The Balaban J connectivity index is 2.76. The lowest BCUT2D eigenvalue weighted by Crippen LogP contribution is -2.34. The van der Waals surface area contributed by atoms with Crippen molar-refractivity contribution < 1.29 is 4.79 Å². The summed E-state index contributed by atoms with van der Waals surface area (Å²) in [7, 11) is 0. The van der Waals surface area contributed by atoms with Crippen LogP contribution in [0.25, 0.3) is 6.08 Å². The largest absolute Gasteiger partial charge is 0.370 e. The van der Waals surface area contributed by atoms with Crippen molar-refractivity contribution in [3.8, 4) is 0 Å². The fourth-order valence-corrected chi connectivity index (χ4v) is 1.36. The number of rotatable bonds is 3. The number of amides is 1. The van der Waals surface area contributed by atoms with Crippen molar-refractivity contribution in [2.45, 2.75) is 13.3 Å². The van der Waals surface area contributed by atoms with E-state index in [2.05, 4.69) is 12.2 Å². The van der Waals surface area contributed by atoms with E-state index in [-0.39, 0.29) is 5.96 Å². The van der Waals surface area contributed by atoms with Crippen molar-refractivity contribution in [2.75, 3.05) is 0 Å². The fourth-order valence-electron chi connectivity index (χ4n) is 1.36. The molecule has 1 rings (SSSR count). The first-order chi connectivity index (χ1) is 7.63. The van der Waals surface area contributed by atoms with Gasteiger partial charge >= 0.3 is 0 Å². The van der Waals surface area contributed by atoms with Crippen LogP contribution in [0, 0.1) is 5.41 Å². The quantitative estimate of drug-likeness (QED) is 0.405. The summed E-state index contributed by atoms with van der Waals surface area (Å²) in [6, 6.07) is 7.84. The predicted molar refractivity (Wildman–Crippen MR) is 64.9 cm³/mol. The molecule has 1 amide bonds. The van der Waals surface area contributed by atoms with Gasteiger partial charge in [-0.2, -0.15) is 0 Å². The van der Waals surface area contributed by atoms with E-state index >= 15 is 0 Å². The normalized spacial score (nSPS) is 10.3. The van der Waals surface area contributed by atoms with E-state index in [4.69, 9.17) is 11.1 Å². The van der Waals surface area contributed by atoms with Crippen LogP contribution in [0.1, 0.15) is 18.1 Å². The Morgan fingerprint density at radius 3 is 2.81 bits per heavy atom. The number of nitrogens with two attached hydrogens (primary N) is 1. The van der Waals surface area contributed by atoms with Gasteiger partial charge in [-0.05, 0) is 23.6 Å². The molecule has 0 fully saturated rings. The van der Waals surface area contributed by atoms with E-state index in [0.717, 1.165) is 12.0 Å². The summed E-state index contributed by atoms with van der Waals surface area (Å²) < 4.78 is 0. The van der Waals surface area contributed by atoms with Gasteiger partial charge < -0.3 is 5.73 Å². The van der Waals surface area contributed by atoms with Crippen LogP contribution in [-0.2, 0) is 11.2 Å². The van der Waals surface area contributed by atoms with Gasteiger partial charge in [0.2, 0.25) is 0 Å². The third kappa shape index (κ3) is 3.57. The smallest absolute Gasteiger partial charge is 0.250 e. The molecule has 0 atom stereocenters. The van der Waals surface area contributed by atoms with Crippen LogP contribution in [0.4, 0.5) is 0 Å². The maximum atomic E-state index is 11.2. The first kappa shape index (κ1) is 12.0. The van der Waals surface area contributed by atoms with Crippen LogP contribution in [0.5, 0.6) is 0 Å². The van der Waals surface area contributed by atoms with Gasteiger partial charge in [0.05, 0.1) is 0 Å². The van der Waals surface area contributed by atoms with Gasteiger partial charge in [0, 0.05) is 6.08 Å². The number of nitrogens with one attached hydrogen (secondary N) is 2. The number of benzene rings is 1. The lowest BCUT2D eigenvalue weighted by atomic mass is 10.1. The summed E-state index contributed by atoms with van der Waals surface area (Å²) in [5.74, 6) is -0.739. The average molecular weight is 217 g/mol. The summed E-state index contributed by atoms with van der Waals surface area (Å²) in [6.07, 6.45) is 4.00. The number of aryl methyl sites for hydroxylation is 1. The second-order valence-corrected chi connectivity index (χ2v) is 3.29. The lowest BCUT2D eigenvalue weighted by molar-refractivity contribution is -0.115. The van der Waals surface area contributed by atoms with E-state index in [1.807, 2.05) is 24.3 Å². The molecule has 1 aromatic rings. The topological polar surface area (TPSA) is 79.0 Å². The molecule has 0 aliphatic rings. The van der Waals surface area contributed by atoms with Crippen molar-refractivity contribution in [1.29, 1.82) is 5.41 Å². The average Bonchev–Trinajstić information content (AvgIpc) is 2.26. The summed E-state index contributed by atoms with van der Waals surface area (Å²) in [4.78, 5) is 11.2. The summed E-state index contributed by atoms with van der Waals surface area (Å²) in [5.41, 5.74) is 7.21. The van der Waals surface area contributed by atoms with E-state index in [9.17, 15) is 4.79 Å². The van der Waals surface area contributed by atoms with E-state index < -0.39 is 5.91 Å². The molecule has 0 aromatic heterocycles. The Kier molecular flexibility index (Phi) is 4.27. The molecular formula is C12H15N3O. The summed E-state index contributed by atoms with van der Waals surface area (Å²) in [6.45, 7) is 2.06. The first-order valence-electron chi connectivity index (χ1n) is 5.04. The Bertz CT molecular complexity index is 424. The Morgan fingerprint density at radius 1 is 1.50 bits per heavy atom. The fraction of sp³-hybridized carbons (Fsp3) is 0.167. The van der Waals surface area contributed by atoms with Crippen molar-refractivity contribution in [3.05, 3.63) is 41.5 Å². The molecule has 0 aliphatic carbocycles. The molecule has 16 heavy (non-hydrogen) atoms. The zero-order valence-corrected chi connectivity index (χ0v) is 9.16. The molecule has 0 radical (unpaired) electrons. The van der Waals surface area contributed by atoms with Gasteiger partial charge in [-0.15, -0.1) is 0 Å². The molecule has 84 valence electrons. The molecule has 0 unspecified atom stereocenters. The minimum absolute atomic E-state index is 0.349. The minimum atomic E-state index is -0.390. The van der Waals surface area contributed by atoms with Crippen LogP contribution in [0.2, 0.25) is 0 Å². The van der Waals surface area contributed by atoms with E-state index in [0.29, 0.717) is 0 Å². The highest BCUT2D eigenvalue weighted by atomic mass is 16.1. The Labute approximate surface area is 94.7 Å². The second-order valence-electron chi connectivity index (χ2n) is 3.29. The molecular weight excluding hydrogens is 202 g/mol. The van der Waals surface area contributed by atoms with Crippen LogP contribution in [-0.4, -0.2) is 11.9 Å². The van der Waals surface area contributed by atoms with Crippen LogP contribution < -0.4 is 11.1 Å². The van der Waals surface area contributed by atoms with Crippen molar-refractivity contribution in [3.63, 3.8) is 0 Å². The minimum Gasteiger partial charge on any atom is -0.370 e. The number of hydrogen-bond acceptors (Lipinski definition) is 2. The van der Waals surface area contributed by atoms with Gasteiger partial charge in [0.25, 0.3) is 5.91 Å². The van der Waals surface area contributed by atoms with Gasteiger partial charge in [0.15, 0.2) is 5.96 Å². The molecule has 4 heteroatoms. The van der Waals surface area contributed by atoms with Gasteiger partial charge in [-0.1, -0.05) is 31.2 Å². The highest BCUT2D eigenvalue weighted by Gasteiger charge is 1.98. The third-order valence-corrected chi connectivity index (χ3v) is 2.11. The highest BCUT2D eigenvalue weighted by molar-refractivity contribution is 6.02. The monoisotopic (exact) mass is 217 g/mol. The maximum Gasteiger partial charge on any atom is 0.250 e. The maximum absolute atomic E-state index is 11.2. The number of carbonyl (C=O) groups is 1. The van der Waals surface area contributed by atoms with Crippen LogP contribution in [0.3, 0.4) is 0 Å². The van der Waals surface area contributed by atoms with Gasteiger partial charge in [0.1, 0.15) is 0 Å². The second kappa shape index (κ2) is 5.70. The zero-order valence-electron chi connectivity index (χ0n) is 9.16. The van der Waals surface area contributed by atoms with Crippen LogP contribution >= 0.6 is 0 Å². The molecule has 0 heterocycles. The standard InChI is InChI=1S/C12H15N3O/c1-2-9-5-3-4-6-10(9)7-8-11(16)15-12(13)14/h3-8H,2H2,1H3,(H4,13,14,15,16)/b8-7+. The van der Waals surface area contributed by atoms with Crippen molar-refractivity contribution in [2.24, 2.45) is 5.73 Å². The van der Waals surface area contributed by atoms with Gasteiger partial charge in [-0.3, -0.25) is 15.5 Å². The molecule has 4 nitrogen and oxygen atoms in total. The highest BCUT2D eigenvalue weighted by Crippen LogP contribution is 2.10. The first-order valence-corrected chi connectivity index (χ1v) is 5.04. The van der Waals surface area contributed by atoms with Crippen LogP contribution in [0.15, 0.2) is 30.3 Å². The molecule has 4 N–H and O–H groups in total. The molecule has 1 aromatic carbocycles. The lowest BCUT2D eigenvalue weighted by Gasteiger charge is -2.02. The Hall–Kier alpha value is -2.10. The van der Waals surface area contributed by atoms with Crippen molar-refractivity contribution in [1.82, 2.24) is 5.32 Å². The molecule has 0 bridgehead atoms. The predicted octanol–water partition coefficient (Wildman–Crippen LogP) is 1.27. The van der Waals surface area contributed by atoms with Gasteiger partial charge in [-0.25, -0.2) is 0 Å². The number of carbonyl (C=O) groups excluding carboxylic acids is 1. The Morgan fingerprint density at radius 2 is 2.19 bits per heavy atom. The number of hydrogen-bond donors (Lipinski definition) is 3. The van der Waals surface area contributed by atoms with Crippen molar-refractivity contribution >= 4 is 17.9 Å². The molecule has 0 aliphatic heterocycles. The number of guanidine groups is 1. The van der Waals surface area contributed by atoms with E-state index in [1.165, 1.54) is 11.6 Å². The summed E-state index contributed by atoms with van der Waals surface area (Å²) in [5, 5.41) is 9.08. The molecule has 0 saturated heterocycles.